The lowest BCUT2D eigenvalue weighted by Crippen LogP contribution is -2.33. The topological polar surface area (TPSA) is 68.5 Å². The number of fused-ring (bicyclic) bond motifs is 1. The Morgan fingerprint density at radius 1 is 1.23 bits per heavy atom. The number of amides is 1. The number of rotatable bonds is 6. The summed E-state index contributed by atoms with van der Waals surface area (Å²) in [6.45, 7) is 12.0. The fourth-order valence-electron chi connectivity index (χ4n) is 2.76. The average molecular weight is 357 g/mol. The van der Waals surface area contributed by atoms with Gasteiger partial charge in [-0.3, -0.25) is 4.79 Å². The zero-order valence-electron chi connectivity index (χ0n) is 16.4. The van der Waals surface area contributed by atoms with Crippen molar-refractivity contribution in [1.82, 2.24) is 5.32 Å². The summed E-state index contributed by atoms with van der Waals surface area (Å²) in [7, 11) is 0. The molecule has 1 heterocycles. The second kappa shape index (κ2) is 8.21. The molecule has 0 fully saturated rings. The zero-order valence-corrected chi connectivity index (χ0v) is 16.4. The largest absolute Gasteiger partial charge is 0.489 e. The van der Waals surface area contributed by atoms with Gasteiger partial charge in [0.25, 0.3) is 0 Å². The molecule has 0 unspecified atom stereocenters. The predicted molar refractivity (Wildman–Crippen MR) is 104 cm³/mol. The van der Waals surface area contributed by atoms with Crippen LogP contribution in [0.4, 0.5) is 0 Å². The maximum Gasteiger partial charge on any atom is 0.340 e. The minimum atomic E-state index is -0.474. The molecule has 2 rings (SSSR count). The van der Waals surface area contributed by atoms with Crippen molar-refractivity contribution in [3.8, 4) is 5.75 Å². The second-order valence-electron chi connectivity index (χ2n) is 7.05. The summed E-state index contributed by atoms with van der Waals surface area (Å²) in [5, 5.41) is 3.62. The number of ether oxygens (including phenoxy) is 1. The van der Waals surface area contributed by atoms with Crippen molar-refractivity contribution >= 4 is 16.9 Å². The maximum atomic E-state index is 12.4. The molecule has 0 aliphatic carbocycles. The highest BCUT2D eigenvalue weighted by Crippen LogP contribution is 2.29. The Balaban J connectivity index is 2.41. The molecule has 26 heavy (non-hydrogen) atoms. The first kappa shape index (κ1) is 19.8. The van der Waals surface area contributed by atoms with Gasteiger partial charge in [0.2, 0.25) is 5.91 Å². The molecule has 1 N–H and O–H groups in total. The standard InChI is InChI=1S/C21H27NO4/c1-12(2)9-10-25-18-8-7-16-14(5)17(11-19(23)22-13(3)4)21(24)26-20(16)15(18)6/h7-9,13H,10-11H2,1-6H3,(H,22,23). The van der Waals surface area contributed by atoms with Gasteiger partial charge < -0.3 is 14.5 Å². The Bertz CT molecular complexity index is 902. The lowest BCUT2D eigenvalue weighted by Gasteiger charge is -2.13. The van der Waals surface area contributed by atoms with Gasteiger partial charge in [0.15, 0.2) is 0 Å². The van der Waals surface area contributed by atoms with Gasteiger partial charge in [-0.25, -0.2) is 4.79 Å². The van der Waals surface area contributed by atoms with Gasteiger partial charge in [-0.15, -0.1) is 0 Å². The minimum Gasteiger partial charge on any atom is -0.489 e. The van der Waals surface area contributed by atoms with E-state index < -0.39 is 5.63 Å². The molecular formula is C21H27NO4. The number of allylic oxidation sites excluding steroid dienone is 1. The number of benzene rings is 1. The highest BCUT2D eigenvalue weighted by Gasteiger charge is 2.17. The van der Waals surface area contributed by atoms with Gasteiger partial charge in [0.1, 0.15) is 17.9 Å². The highest BCUT2D eigenvalue weighted by atomic mass is 16.5. The van der Waals surface area contributed by atoms with Crippen LogP contribution < -0.4 is 15.7 Å². The van der Waals surface area contributed by atoms with Crippen LogP contribution in [-0.4, -0.2) is 18.6 Å². The van der Waals surface area contributed by atoms with E-state index in [4.69, 9.17) is 9.15 Å². The molecule has 0 saturated heterocycles. The molecule has 0 aliphatic rings. The number of carbonyl (C=O) groups is 1. The van der Waals surface area contributed by atoms with E-state index >= 15 is 0 Å². The summed E-state index contributed by atoms with van der Waals surface area (Å²) in [6, 6.07) is 3.78. The fraction of sp³-hybridized carbons (Fsp3) is 0.429. The van der Waals surface area contributed by atoms with Gasteiger partial charge in [0.05, 0.1) is 12.0 Å². The van der Waals surface area contributed by atoms with Gasteiger partial charge in [0, 0.05) is 17.0 Å². The van der Waals surface area contributed by atoms with E-state index in [0.29, 0.717) is 23.5 Å². The first-order chi connectivity index (χ1) is 12.2. The van der Waals surface area contributed by atoms with Crippen LogP contribution in [0.5, 0.6) is 5.75 Å². The summed E-state index contributed by atoms with van der Waals surface area (Å²) in [4.78, 5) is 24.5. The van der Waals surface area contributed by atoms with E-state index in [2.05, 4.69) is 5.32 Å². The van der Waals surface area contributed by atoms with E-state index in [0.717, 1.165) is 16.5 Å². The van der Waals surface area contributed by atoms with Crippen LogP contribution in [0.25, 0.3) is 11.0 Å². The molecule has 1 amide bonds. The Hall–Kier alpha value is -2.56. The molecule has 1 aromatic carbocycles. The lowest BCUT2D eigenvalue weighted by atomic mass is 10.0. The van der Waals surface area contributed by atoms with Crippen molar-refractivity contribution < 1.29 is 13.9 Å². The number of aryl methyl sites for hydroxylation is 2. The monoisotopic (exact) mass is 357 g/mol. The average Bonchev–Trinajstić information content (AvgIpc) is 2.53. The second-order valence-corrected chi connectivity index (χ2v) is 7.05. The van der Waals surface area contributed by atoms with Crippen molar-refractivity contribution in [3.63, 3.8) is 0 Å². The molecule has 1 aromatic heterocycles. The smallest absolute Gasteiger partial charge is 0.340 e. The van der Waals surface area contributed by atoms with Crippen LogP contribution in [0.3, 0.4) is 0 Å². The third-order valence-electron chi connectivity index (χ3n) is 4.17. The van der Waals surface area contributed by atoms with E-state index in [1.807, 2.05) is 59.8 Å². The van der Waals surface area contributed by atoms with Gasteiger partial charge in [-0.05, 0) is 65.3 Å². The van der Waals surface area contributed by atoms with E-state index in [1.54, 1.807) is 0 Å². The van der Waals surface area contributed by atoms with Crippen LogP contribution in [-0.2, 0) is 11.2 Å². The minimum absolute atomic E-state index is 0.0140. The molecule has 140 valence electrons. The molecule has 0 saturated carbocycles. The quantitative estimate of drug-likeness (QED) is 0.630. The van der Waals surface area contributed by atoms with Crippen LogP contribution >= 0.6 is 0 Å². The Kier molecular flexibility index (Phi) is 6.24. The first-order valence-corrected chi connectivity index (χ1v) is 8.82. The third kappa shape index (κ3) is 4.54. The molecule has 0 spiro atoms. The third-order valence-corrected chi connectivity index (χ3v) is 4.17. The lowest BCUT2D eigenvalue weighted by molar-refractivity contribution is -0.120. The van der Waals surface area contributed by atoms with Crippen molar-refractivity contribution in [3.05, 3.63) is 50.9 Å². The zero-order chi connectivity index (χ0) is 19.4. The van der Waals surface area contributed by atoms with Crippen LogP contribution in [0, 0.1) is 13.8 Å². The van der Waals surface area contributed by atoms with Crippen molar-refractivity contribution in [2.24, 2.45) is 0 Å². The summed E-state index contributed by atoms with van der Waals surface area (Å²) in [6.07, 6.45) is 2.00. The summed E-state index contributed by atoms with van der Waals surface area (Å²) in [5.41, 5.74) is 3.16. The van der Waals surface area contributed by atoms with E-state index in [9.17, 15) is 9.59 Å². The first-order valence-electron chi connectivity index (χ1n) is 8.82. The molecule has 0 bridgehead atoms. The summed E-state index contributed by atoms with van der Waals surface area (Å²) < 4.78 is 11.3. The van der Waals surface area contributed by atoms with E-state index in [-0.39, 0.29) is 18.4 Å². The molecule has 0 atom stereocenters. The van der Waals surface area contributed by atoms with Crippen molar-refractivity contribution in [2.75, 3.05) is 6.61 Å². The van der Waals surface area contributed by atoms with Crippen LogP contribution in [0.1, 0.15) is 44.4 Å². The fourth-order valence-corrected chi connectivity index (χ4v) is 2.76. The van der Waals surface area contributed by atoms with Crippen LogP contribution in [0.2, 0.25) is 0 Å². The van der Waals surface area contributed by atoms with Crippen LogP contribution in [0.15, 0.2) is 33.0 Å². The number of hydrogen-bond donors (Lipinski definition) is 1. The van der Waals surface area contributed by atoms with Gasteiger partial charge in [-0.2, -0.15) is 0 Å². The number of carbonyl (C=O) groups excluding carboxylic acids is 1. The van der Waals surface area contributed by atoms with Gasteiger partial charge in [-0.1, -0.05) is 5.57 Å². The molecule has 5 nitrogen and oxygen atoms in total. The Labute approximate surface area is 154 Å². The normalized spacial score (nSPS) is 10.9. The van der Waals surface area contributed by atoms with Crippen molar-refractivity contribution in [2.45, 2.75) is 54.0 Å². The Morgan fingerprint density at radius 3 is 2.54 bits per heavy atom. The van der Waals surface area contributed by atoms with E-state index in [1.165, 1.54) is 5.57 Å². The molecule has 5 heteroatoms. The molecule has 0 aliphatic heterocycles. The summed E-state index contributed by atoms with van der Waals surface area (Å²) in [5.74, 6) is 0.496. The predicted octanol–water partition coefficient (Wildman–Crippen LogP) is 3.82. The highest BCUT2D eigenvalue weighted by molar-refractivity contribution is 5.87. The SMILES string of the molecule is CC(C)=CCOc1ccc2c(C)c(CC(=O)NC(C)C)c(=O)oc2c1C. The summed E-state index contributed by atoms with van der Waals surface area (Å²) >= 11 is 0. The van der Waals surface area contributed by atoms with Gasteiger partial charge >= 0.3 is 5.63 Å². The maximum absolute atomic E-state index is 12.4. The Morgan fingerprint density at radius 2 is 1.92 bits per heavy atom. The number of hydrogen-bond acceptors (Lipinski definition) is 4. The molecule has 0 radical (unpaired) electrons. The molecular weight excluding hydrogens is 330 g/mol. The number of nitrogens with one attached hydrogen (secondary N) is 1. The molecule has 2 aromatic rings. The van der Waals surface area contributed by atoms with Crippen molar-refractivity contribution in [1.29, 1.82) is 0 Å².